The van der Waals surface area contributed by atoms with Crippen LogP contribution in [0, 0.1) is 0 Å². The van der Waals surface area contributed by atoms with Crippen LogP contribution in [-0.2, 0) is 9.53 Å². The van der Waals surface area contributed by atoms with Crippen molar-refractivity contribution >= 4 is 30.9 Å². The van der Waals surface area contributed by atoms with E-state index in [2.05, 4.69) is 11.3 Å². The van der Waals surface area contributed by atoms with E-state index in [9.17, 15) is 4.79 Å². The Morgan fingerprint density at radius 1 is 1.29 bits per heavy atom. The number of esters is 1. The van der Waals surface area contributed by atoms with Gasteiger partial charge in [-0.15, -0.1) is 0 Å². The van der Waals surface area contributed by atoms with E-state index < -0.39 is 5.97 Å². The fraction of sp³-hybridized carbons (Fsp3) is 0. The van der Waals surface area contributed by atoms with Crippen molar-refractivity contribution in [2.45, 2.75) is 0 Å². The minimum absolute atomic E-state index is 0. The van der Waals surface area contributed by atoms with Gasteiger partial charge in [-0.3, -0.25) is 0 Å². The van der Waals surface area contributed by atoms with Gasteiger partial charge in [-0.05, 0) is 11.6 Å². The minimum atomic E-state index is -0.452. The molecule has 0 amide bonds. The Balaban J connectivity index is 0.00000169. The van der Waals surface area contributed by atoms with Crippen molar-refractivity contribution in [2.75, 3.05) is 0 Å². The Hall–Kier alpha value is -1.23. The van der Waals surface area contributed by atoms with Crippen LogP contribution in [0.3, 0.4) is 0 Å². The summed E-state index contributed by atoms with van der Waals surface area (Å²) in [4.78, 5) is 10.6. The van der Waals surface area contributed by atoms with Gasteiger partial charge < -0.3 is 4.74 Å². The molecule has 14 heavy (non-hydrogen) atoms. The molecule has 0 aliphatic rings. The maximum atomic E-state index is 10.6. The predicted octanol–water partition coefficient (Wildman–Crippen LogP) is 1.74. The van der Waals surface area contributed by atoms with E-state index in [-0.39, 0.29) is 18.9 Å². The molecule has 0 atom stereocenters. The fourth-order valence-electron chi connectivity index (χ4n) is 0.792. The molecule has 0 heterocycles. The van der Waals surface area contributed by atoms with Gasteiger partial charge in [0, 0.05) is 6.08 Å². The van der Waals surface area contributed by atoms with Crippen molar-refractivity contribution in [3.63, 3.8) is 0 Å². The predicted molar refractivity (Wildman–Crippen MR) is 58.9 cm³/mol. The second-order valence-electron chi connectivity index (χ2n) is 2.35. The average Bonchev–Trinajstić information content (AvgIpc) is 2.19. The van der Waals surface area contributed by atoms with Crippen molar-refractivity contribution in [1.82, 2.24) is 0 Å². The Bertz CT molecular complexity index is 317. The Morgan fingerprint density at radius 3 is 2.50 bits per heavy atom. The SMILES string of the molecule is C=CC(=O)OC=Cc1ccccc1.[LiH]. The van der Waals surface area contributed by atoms with E-state index in [0.717, 1.165) is 11.6 Å². The molecule has 1 rings (SSSR count). The molecule has 0 N–H and O–H groups in total. The van der Waals surface area contributed by atoms with Gasteiger partial charge in [0.05, 0.1) is 6.26 Å². The number of hydrogen-bond donors (Lipinski definition) is 0. The second kappa shape index (κ2) is 7.20. The quantitative estimate of drug-likeness (QED) is 0.308. The summed E-state index contributed by atoms with van der Waals surface area (Å²) >= 11 is 0. The third-order valence-corrected chi connectivity index (χ3v) is 1.41. The van der Waals surface area contributed by atoms with E-state index >= 15 is 0 Å². The van der Waals surface area contributed by atoms with Gasteiger partial charge in [0.15, 0.2) is 0 Å². The maximum absolute atomic E-state index is 10.6. The number of carbonyl (C=O) groups is 1. The third-order valence-electron chi connectivity index (χ3n) is 1.41. The van der Waals surface area contributed by atoms with Gasteiger partial charge >= 0.3 is 24.8 Å². The number of hydrogen-bond acceptors (Lipinski definition) is 2. The van der Waals surface area contributed by atoms with E-state index in [0.29, 0.717) is 0 Å². The van der Waals surface area contributed by atoms with Crippen LogP contribution < -0.4 is 0 Å². The molecule has 0 saturated carbocycles. The molecule has 68 valence electrons. The van der Waals surface area contributed by atoms with Gasteiger partial charge in [-0.1, -0.05) is 36.9 Å². The van der Waals surface area contributed by atoms with Crippen molar-refractivity contribution in [2.24, 2.45) is 0 Å². The summed E-state index contributed by atoms with van der Waals surface area (Å²) in [5.74, 6) is -0.452. The van der Waals surface area contributed by atoms with E-state index in [4.69, 9.17) is 0 Å². The third kappa shape index (κ3) is 4.71. The molecule has 1 aromatic rings. The van der Waals surface area contributed by atoms with Gasteiger partial charge in [0.1, 0.15) is 0 Å². The Kier molecular flexibility index (Phi) is 6.56. The zero-order chi connectivity index (χ0) is 9.52. The number of benzene rings is 1. The molecule has 2 nitrogen and oxygen atoms in total. The first-order valence-corrected chi connectivity index (χ1v) is 3.87. The Morgan fingerprint density at radius 2 is 1.93 bits per heavy atom. The summed E-state index contributed by atoms with van der Waals surface area (Å²) in [6, 6.07) is 9.58. The number of rotatable bonds is 3. The first-order chi connectivity index (χ1) is 6.33. The average molecular weight is 182 g/mol. The fourth-order valence-corrected chi connectivity index (χ4v) is 0.792. The standard InChI is InChI=1S/C11H10O2.Li.H/c1-2-11(12)13-9-8-10-6-4-3-5-7-10;;/h2-9H,1H2;;. The van der Waals surface area contributed by atoms with Crippen molar-refractivity contribution in [3.05, 3.63) is 54.8 Å². The molecule has 0 fully saturated rings. The molecular formula is C11H11LiO2. The molecule has 0 unspecified atom stereocenters. The monoisotopic (exact) mass is 182 g/mol. The van der Waals surface area contributed by atoms with E-state index in [1.807, 2.05) is 30.3 Å². The van der Waals surface area contributed by atoms with Crippen LogP contribution in [-0.4, -0.2) is 24.8 Å². The molecule has 0 aliphatic carbocycles. The van der Waals surface area contributed by atoms with Gasteiger partial charge in [0.25, 0.3) is 0 Å². The van der Waals surface area contributed by atoms with Gasteiger partial charge in [0.2, 0.25) is 0 Å². The van der Waals surface area contributed by atoms with E-state index in [1.165, 1.54) is 6.26 Å². The van der Waals surface area contributed by atoms with Crippen molar-refractivity contribution < 1.29 is 9.53 Å². The summed E-state index contributed by atoms with van der Waals surface area (Å²) in [6.45, 7) is 3.28. The zero-order valence-electron chi connectivity index (χ0n) is 7.14. The summed E-state index contributed by atoms with van der Waals surface area (Å²) < 4.78 is 4.66. The molecule has 3 heteroatoms. The van der Waals surface area contributed by atoms with E-state index in [1.54, 1.807) is 6.08 Å². The second-order valence-corrected chi connectivity index (χ2v) is 2.35. The molecule has 0 aliphatic heterocycles. The van der Waals surface area contributed by atoms with Gasteiger partial charge in [-0.2, -0.15) is 0 Å². The molecule has 0 saturated heterocycles. The Labute approximate surface area is 95.4 Å². The van der Waals surface area contributed by atoms with Crippen LogP contribution in [0.25, 0.3) is 6.08 Å². The molecule has 0 aromatic heterocycles. The van der Waals surface area contributed by atoms with Crippen LogP contribution in [0.5, 0.6) is 0 Å². The summed E-state index contributed by atoms with van der Waals surface area (Å²) in [5, 5.41) is 0. The van der Waals surface area contributed by atoms with Crippen LogP contribution in [0.2, 0.25) is 0 Å². The molecule has 1 aromatic carbocycles. The van der Waals surface area contributed by atoms with Crippen LogP contribution in [0.1, 0.15) is 5.56 Å². The number of carbonyl (C=O) groups excluding carboxylic acids is 1. The number of ether oxygens (including phenoxy) is 1. The molecule has 0 radical (unpaired) electrons. The van der Waals surface area contributed by atoms with Gasteiger partial charge in [-0.25, -0.2) is 4.79 Å². The molecule has 0 spiro atoms. The first-order valence-electron chi connectivity index (χ1n) is 3.87. The summed E-state index contributed by atoms with van der Waals surface area (Å²) in [5.41, 5.74) is 0.986. The normalized spacial score (nSPS) is 9.14. The van der Waals surface area contributed by atoms with Crippen LogP contribution in [0.15, 0.2) is 49.2 Å². The summed E-state index contributed by atoms with van der Waals surface area (Å²) in [6.07, 6.45) is 4.18. The van der Waals surface area contributed by atoms with Crippen molar-refractivity contribution in [3.8, 4) is 0 Å². The zero-order valence-corrected chi connectivity index (χ0v) is 7.14. The topological polar surface area (TPSA) is 26.3 Å². The van der Waals surface area contributed by atoms with Crippen LogP contribution >= 0.6 is 0 Å². The molecular weight excluding hydrogens is 171 g/mol. The summed E-state index contributed by atoms with van der Waals surface area (Å²) in [7, 11) is 0. The first kappa shape index (κ1) is 12.8. The van der Waals surface area contributed by atoms with Crippen LogP contribution in [0.4, 0.5) is 0 Å². The molecule has 0 bridgehead atoms. The van der Waals surface area contributed by atoms with Crippen molar-refractivity contribution in [1.29, 1.82) is 0 Å².